The van der Waals surface area contributed by atoms with Crippen LogP contribution in [0.5, 0.6) is 0 Å². The molecule has 0 N–H and O–H groups in total. The van der Waals surface area contributed by atoms with Crippen molar-refractivity contribution < 1.29 is 8.83 Å². The van der Waals surface area contributed by atoms with Gasteiger partial charge in [0.15, 0.2) is 5.58 Å². The van der Waals surface area contributed by atoms with Gasteiger partial charge in [-0.15, -0.1) is 22.7 Å². The number of aromatic nitrogens is 1. The summed E-state index contributed by atoms with van der Waals surface area (Å²) >= 11 is 3.45. The van der Waals surface area contributed by atoms with Crippen molar-refractivity contribution >= 4 is 71.9 Å². The summed E-state index contributed by atoms with van der Waals surface area (Å²) in [7, 11) is 0. The van der Waals surface area contributed by atoms with E-state index in [1.807, 2.05) is 53.1 Å². The average molecular weight is 693 g/mol. The zero-order chi connectivity index (χ0) is 33.7. The summed E-state index contributed by atoms with van der Waals surface area (Å²) in [6, 6.07) is 57.5. The lowest BCUT2D eigenvalue weighted by Crippen LogP contribution is -2.09. The van der Waals surface area contributed by atoms with Crippen LogP contribution in [0.4, 0.5) is 17.1 Å². The first-order chi connectivity index (χ1) is 25.2. The lowest BCUT2D eigenvalue weighted by molar-refractivity contribution is 0.622. The van der Waals surface area contributed by atoms with E-state index in [4.69, 9.17) is 13.8 Å². The first kappa shape index (κ1) is 29.7. The van der Waals surface area contributed by atoms with Gasteiger partial charge in [0, 0.05) is 37.6 Å². The minimum atomic E-state index is 0.660. The number of hydrogen-bond acceptors (Lipinski definition) is 6. The van der Waals surface area contributed by atoms with Gasteiger partial charge in [-0.2, -0.15) is 0 Å². The van der Waals surface area contributed by atoms with Gasteiger partial charge in [-0.1, -0.05) is 72.8 Å². The van der Waals surface area contributed by atoms with Crippen LogP contribution in [0.25, 0.3) is 75.8 Å². The van der Waals surface area contributed by atoms with E-state index in [1.165, 1.54) is 20.5 Å². The first-order valence-corrected chi connectivity index (χ1v) is 18.4. The molecular formula is C45H28N2O2S2. The second kappa shape index (κ2) is 12.3. The smallest absolute Gasteiger partial charge is 0.237 e. The number of oxazole rings is 1. The monoisotopic (exact) mass is 692 g/mol. The van der Waals surface area contributed by atoms with Crippen LogP contribution in [-0.2, 0) is 0 Å². The van der Waals surface area contributed by atoms with Crippen LogP contribution in [0.15, 0.2) is 178 Å². The number of fused-ring (bicyclic) bond motifs is 3. The largest absolute Gasteiger partial charge is 0.456 e. The Balaban J connectivity index is 1.00. The van der Waals surface area contributed by atoms with Gasteiger partial charge in [0.05, 0.1) is 4.88 Å². The number of benzene rings is 6. The van der Waals surface area contributed by atoms with E-state index < -0.39 is 0 Å². The Morgan fingerprint density at radius 2 is 1.14 bits per heavy atom. The minimum absolute atomic E-state index is 0.660. The Kier molecular flexibility index (Phi) is 7.15. The minimum Gasteiger partial charge on any atom is -0.456 e. The third-order valence-electron chi connectivity index (χ3n) is 9.25. The molecule has 6 aromatic carbocycles. The third-order valence-corrected chi connectivity index (χ3v) is 11.3. The Hall–Kier alpha value is -6.21. The average Bonchev–Trinajstić information content (AvgIpc) is 4.01. The van der Waals surface area contributed by atoms with Crippen LogP contribution in [0.3, 0.4) is 0 Å². The Morgan fingerprint density at radius 3 is 1.84 bits per heavy atom. The second-order valence-electron chi connectivity index (χ2n) is 12.5. The molecule has 51 heavy (non-hydrogen) atoms. The molecule has 242 valence electrons. The molecule has 0 radical (unpaired) electrons. The molecule has 0 aliphatic heterocycles. The molecule has 4 nitrogen and oxygen atoms in total. The van der Waals surface area contributed by atoms with Crippen LogP contribution in [0.2, 0.25) is 0 Å². The highest BCUT2D eigenvalue weighted by molar-refractivity contribution is 7.22. The van der Waals surface area contributed by atoms with Crippen LogP contribution < -0.4 is 4.90 Å². The molecule has 0 unspecified atom stereocenters. The molecule has 0 aliphatic carbocycles. The van der Waals surface area contributed by atoms with Crippen LogP contribution in [0, 0.1) is 0 Å². The lowest BCUT2D eigenvalue weighted by Gasteiger charge is -2.26. The van der Waals surface area contributed by atoms with Crippen LogP contribution in [0.1, 0.15) is 0 Å². The summed E-state index contributed by atoms with van der Waals surface area (Å²) in [5, 5.41) is 4.41. The molecule has 0 fully saturated rings. The number of anilines is 3. The molecule has 10 aromatic rings. The predicted octanol–water partition coefficient (Wildman–Crippen LogP) is 14.0. The highest BCUT2D eigenvalue weighted by Crippen LogP contribution is 2.40. The van der Waals surface area contributed by atoms with Crippen LogP contribution in [-0.4, -0.2) is 4.98 Å². The summed E-state index contributed by atoms with van der Waals surface area (Å²) in [6.45, 7) is 0. The van der Waals surface area contributed by atoms with Crippen molar-refractivity contribution in [1.29, 1.82) is 0 Å². The van der Waals surface area contributed by atoms with Crippen molar-refractivity contribution in [2.75, 3.05) is 4.90 Å². The van der Waals surface area contributed by atoms with Crippen molar-refractivity contribution in [1.82, 2.24) is 4.98 Å². The lowest BCUT2D eigenvalue weighted by atomic mass is 10.0. The van der Waals surface area contributed by atoms with Gasteiger partial charge in [-0.25, -0.2) is 4.98 Å². The molecule has 0 saturated carbocycles. The topological polar surface area (TPSA) is 42.4 Å². The summed E-state index contributed by atoms with van der Waals surface area (Å²) < 4.78 is 13.6. The molecule has 0 bridgehead atoms. The molecule has 4 heterocycles. The van der Waals surface area contributed by atoms with Crippen molar-refractivity contribution in [2.24, 2.45) is 0 Å². The van der Waals surface area contributed by atoms with Crippen LogP contribution >= 0.6 is 22.7 Å². The molecule has 0 saturated heterocycles. The molecule has 0 atom stereocenters. The van der Waals surface area contributed by atoms with Gasteiger partial charge < -0.3 is 13.7 Å². The summed E-state index contributed by atoms with van der Waals surface area (Å²) in [4.78, 5) is 9.29. The molecule has 6 heteroatoms. The zero-order valence-corrected chi connectivity index (χ0v) is 28.8. The number of thiophene rings is 2. The third kappa shape index (κ3) is 5.51. The molecule has 0 amide bonds. The summed E-state index contributed by atoms with van der Waals surface area (Å²) in [6.07, 6.45) is 0. The van der Waals surface area contributed by atoms with E-state index in [0.29, 0.717) is 5.89 Å². The molecule has 10 rings (SSSR count). The molecular weight excluding hydrogens is 665 g/mol. The van der Waals surface area contributed by atoms with E-state index in [1.54, 1.807) is 11.3 Å². The standard InChI is InChI=1S/C45H28N2O2S2/c1-3-8-39-33(6-1)27-40(48-39)30-13-20-36(21-14-30)47(37-22-15-31(16-23-37)44-28-34-7-2-4-9-42(34)51-44)35-18-11-29(12-19-35)32-17-24-38-41(26-32)49-45(46-38)43-10-5-25-50-43/h1-28H. The number of hydrogen-bond donors (Lipinski definition) is 0. The number of para-hydroxylation sites is 1. The van der Waals surface area contributed by atoms with Gasteiger partial charge in [0.2, 0.25) is 5.89 Å². The van der Waals surface area contributed by atoms with E-state index in [0.717, 1.165) is 66.5 Å². The van der Waals surface area contributed by atoms with E-state index >= 15 is 0 Å². The van der Waals surface area contributed by atoms with Gasteiger partial charge in [0.1, 0.15) is 16.9 Å². The van der Waals surface area contributed by atoms with Gasteiger partial charge in [0.25, 0.3) is 0 Å². The van der Waals surface area contributed by atoms with Crippen molar-refractivity contribution in [3.63, 3.8) is 0 Å². The van der Waals surface area contributed by atoms with E-state index in [9.17, 15) is 0 Å². The summed E-state index contributed by atoms with van der Waals surface area (Å²) in [5.74, 6) is 1.52. The number of rotatable bonds is 7. The van der Waals surface area contributed by atoms with Gasteiger partial charge in [-0.3, -0.25) is 0 Å². The molecule has 4 aromatic heterocycles. The van der Waals surface area contributed by atoms with Crippen molar-refractivity contribution in [3.8, 4) is 43.7 Å². The van der Waals surface area contributed by atoms with Gasteiger partial charge in [-0.05, 0) is 118 Å². The highest BCUT2D eigenvalue weighted by atomic mass is 32.1. The normalized spacial score (nSPS) is 11.5. The molecule has 0 spiro atoms. The quantitative estimate of drug-likeness (QED) is 0.167. The fourth-order valence-electron chi connectivity index (χ4n) is 6.66. The SMILES string of the molecule is c1csc(-c2nc3ccc(-c4ccc(N(c5ccc(-c6cc7ccccc7o6)cc5)c5ccc(-c6cc7ccccc7s6)cc5)cc4)cc3o2)c1. The Labute approximate surface area is 302 Å². The van der Waals surface area contributed by atoms with Crippen molar-refractivity contribution in [3.05, 3.63) is 169 Å². The Bertz CT molecular complexity index is 2610. The van der Waals surface area contributed by atoms with E-state index in [2.05, 4.69) is 132 Å². The highest BCUT2D eigenvalue weighted by Gasteiger charge is 2.16. The number of nitrogens with zero attached hydrogens (tertiary/aromatic N) is 2. The first-order valence-electron chi connectivity index (χ1n) is 16.7. The molecule has 0 aliphatic rings. The van der Waals surface area contributed by atoms with Gasteiger partial charge >= 0.3 is 0 Å². The fourth-order valence-corrected chi connectivity index (χ4v) is 8.37. The van der Waals surface area contributed by atoms with E-state index in [-0.39, 0.29) is 0 Å². The number of furan rings is 1. The maximum Gasteiger partial charge on any atom is 0.237 e. The zero-order valence-electron chi connectivity index (χ0n) is 27.2. The fraction of sp³-hybridized carbons (Fsp3) is 0. The maximum absolute atomic E-state index is 6.18. The van der Waals surface area contributed by atoms with Crippen molar-refractivity contribution in [2.45, 2.75) is 0 Å². The second-order valence-corrected chi connectivity index (χ2v) is 14.5. The Morgan fingerprint density at radius 1 is 0.471 bits per heavy atom. The predicted molar refractivity (Wildman–Crippen MR) is 213 cm³/mol. The summed E-state index contributed by atoms with van der Waals surface area (Å²) in [5.41, 5.74) is 10.2. The maximum atomic E-state index is 6.18.